The van der Waals surface area contributed by atoms with E-state index in [1.165, 1.54) is 77.0 Å². The molecule has 1 rings (SSSR count). The third-order valence-corrected chi connectivity index (χ3v) is 9.60. The van der Waals surface area contributed by atoms with Gasteiger partial charge in [0.1, 0.15) is 30.5 Å². The first kappa shape index (κ1) is 47.9. The number of carbonyl (C=O) groups is 1. The first-order chi connectivity index (χ1) is 24.6. The van der Waals surface area contributed by atoms with Crippen LogP contribution in [0.15, 0.2) is 12.2 Å². The lowest BCUT2D eigenvalue weighted by Gasteiger charge is -2.41. The van der Waals surface area contributed by atoms with Crippen LogP contribution in [0.25, 0.3) is 0 Å². The van der Waals surface area contributed by atoms with Crippen molar-refractivity contribution in [3.05, 3.63) is 12.2 Å². The second-order valence-electron chi connectivity index (χ2n) is 13.9. The van der Waals surface area contributed by atoms with Crippen molar-refractivity contribution < 1.29 is 56.2 Å². The molecule has 13 heteroatoms. The second-order valence-corrected chi connectivity index (χ2v) is 14.9. The van der Waals surface area contributed by atoms with E-state index < -0.39 is 59.8 Å². The molecule has 0 saturated carbocycles. The normalized spacial score (nSPS) is 21.7. The van der Waals surface area contributed by atoms with Crippen LogP contribution in [-0.2, 0) is 38.3 Å². The Morgan fingerprint density at radius 1 is 0.725 bits per heavy atom. The Kier molecular flexibility index (Phi) is 29.3. The molecule has 0 amide bonds. The van der Waals surface area contributed by atoms with Gasteiger partial charge in [0.25, 0.3) is 0 Å². The summed E-state index contributed by atoms with van der Waals surface area (Å²) in [6, 6.07) is 0. The van der Waals surface area contributed by atoms with Gasteiger partial charge in [0.2, 0.25) is 0 Å². The molecule has 1 saturated heterocycles. The van der Waals surface area contributed by atoms with Crippen molar-refractivity contribution in [3.63, 3.8) is 0 Å². The Hall–Kier alpha value is -1.16. The molecule has 302 valence electrons. The molecule has 0 aromatic heterocycles. The quantitative estimate of drug-likeness (QED) is 0.0227. The van der Waals surface area contributed by atoms with Crippen molar-refractivity contribution in [1.82, 2.24) is 0 Å². The highest BCUT2D eigenvalue weighted by molar-refractivity contribution is 7.80. The highest BCUT2D eigenvalue weighted by Gasteiger charge is 2.48. The van der Waals surface area contributed by atoms with E-state index in [9.17, 15) is 28.5 Å². The first-order valence-corrected chi connectivity index (χ1v) is 21.3. The zero-order valence-corrected chi connectivity index (χ0v) is 32.5. The number of ether oxygens (including phenoxy) is 4. The SMILES string of the molecule is CCCCCCC/C=C\CCCCCCCC(=O)OC(COCCCCCCCCCCCC)COC1OC(CO)C(O)C(OS(=O)(=O)O)C1O. The van der Waals surface area contributed by atoms with Gasteiger partial charge in [-0.2, -0.15) is 8.42 Å². The fourth-order valence-electron chi connectivity index (χ4n) is 6.08. The van der Waals surface area contributed by atoms with Gasteiger partial charge in [0.05, 0.1) is 19.8 Å². The van der Waals surface area contributed by atoms with Crippen LogP contribution in [0, 0.1) is 0 Å². The molecule has 6 atom stereocenters. The fraction of sp³-hybridized carbons (Fsp3) is 0.921. The van der Waals surface area contributed by atoms with Gasteiger partial charge in [-0.1, -0.05) is 129 Å². The summed E-state index contributed by atoms with van der Waals surface area (Å²) in [6.45, 7) is 3.95. The molecule has 1 aliphatic heterocycles. The van der Waals surface area contributed by atoms with Crippen LogP contribution in [0.2, 0.25) is 0 Å². The van der Waals surface area contributed by atoms with Crippen molar-refractivity contribution in [1.29, 1.82) is 0 Å². The van der Waals surface area contributed by atoms with E-state index in [0.717, 1.165) is 57.8 Å². The summed E-state index contributed by atoms with van der Waals surface area (Å²) in [6.07, 6.45) is 21.1. The van der Waals surface area contributed by atoms with Gasteiger partial charge < -0.3 is 34.3 Å². The molecule has 1 aliphatic rings. The van der Waals surface area contributed by atoms with Gasteiger partial charge in [0.15, 0.2) is 6.29 Å². The Bertz CT molecular complexity index is 963. The first-order valence-electron chi connectivity index (χ1n) is 19.9. The lowest BCUT2D eigenvalue weighted by Crippen LogP contribution is -2.60. The number of carbonyl (C=O) groups excluding carboxylic acids is 1. The van der Waals surface area contributed by atoms with E-state index >= 15 is 0 Å². The highest BCUT2D eigenvalue weighted by Crippen LogP contribution is 2.26. The zero-order valence-electron chi connectivity index (χ0n) is 31.7. The van der Waals surface area contributed by atoms with E-state index in [-0.39, 0.29) is 19.6 Å². The van der Waals surface area contributed by atoms with E-state index in [4.69, 9.17) is 23.5 Å². The molecule has 4 N–H and O–H groups in total. The molecule has 0 radical (unpaired) electrons. The number of hydrogen-bond acceptors (Lipinski definition) is 11. The maximum absolute atomic E-state index is 12.8. The minimum absolute atomic E-state index is 0.0369. The molecule has 6 unspecified atom stereocenters. The highest BCUT2D eigenvalue weighted by atomic mass is 32.3. The van der Waals surface area contributed by atoms with Crippen molar-refractivity contribution in [2.45, 2.75) is 198 Å². The lowest BCUT2D eigenvalue weighted by atomic mass is 9.99. The summed E-state index contributed by atoms with van der Waals surface area (Å²) >= 11 is 0. The minimum Gasteiger partial charge on any atom is -0.457 e. The summed E-state index contributed by atoms with van der Waals surface area (Å²) in [4.78, 5) is 12.8. The number of rotatable bonds is 34. The molecule has 0 aliphatic carbocycles. The summed E-state index contributed by atoms with van der Waals surface area (Å²) in [7, 11) is -5.05. The summed E-state index contributed by atoms with van der Waals surface area (Å²) in [5, 5.41) is 30.5. The zero-order chi connectivity index (χ0) is 37.6. The lowest BCUT2D eigenvalue weighted by molar-refractivity contribution is -0.301. The maximum Gasteiger partial charge on any atom is 0.397 e. The Labute approximate surface area is 308 Å². The molecular formula is C38H72O12S. The molecule has 0 spiro atoms. The van der Waals surface area contributed by atoms with Crippen LogP contribution in [-0.4, -0.2) is 97.5 Å². The Morgan fingerprint density at radius 3 is 1.76 bits per heavy atom. The molecule has 0 bridgehead atoms. The van der Waals surface area contributed by atoms with Crippen LogP contribution in [0.4, 0.5) is 0 Å². The van der Waals surface area contributed by atoms with Crippen molar-refractivity contribution in [3.8, 4) is 0 Å². The van der Waals surface area contributed by atoms with Crippen LogP contribution in [0.5, 0.6) is 0 Å². The van der Waals surface area contributed by atoms with E-state index in [1.54, 1.807) is 0 Å². The number of allylic oxidation sites excluding steroid dienone is 2. The number of hydrogen-bond donors (Lipinski definition) is 4. The largest absolute Gasteiger partial charge is 0.457 e. The molecule has 1 fully saturated rings. The van der Waals surface area contributed by atoms with Gasteiger partial charge in [-0.05, 0) is 38.5 Å². The molecular weight excluding hydrogens is 680 g/mol. The molecule has 0 aromatic rings. The van der Waals surface area contributed by atoms with E-state index in [1.807, 2.05) is 0 Å². The molecule has 0 aromatic carbocycles. The van der Waals surface area contributed by atoms with Gasteiger partial charge in [0, 0.05) is 13.0 Å². The smallest absolute Gasteiger partial charge is 0.397 e. The molecule has 1 heterocycles. The monoisotopic (exact) mass is 752 g/mol. The topological polar surface area (TPSA) is 178 Å². The summed E-state index contributed by atoms with van der Waals surface area (Å²) in [5.41, 5.74) is 0. The van der Waals surface area contributed by atoms with Crippen LogP contribution >= 0.6 is 0 Å². The van der Waals surface area contributed by atoms with E-state index in [0.29, 0.717) is 13.0 Å². The van der Waals surface area contributed by atoms with Gasteiger partial charge in [-0.15, -0.1) is 0 Å². The van der Waals surface area contributed by atoms with Crippen molar-refractivity contribution in [2.75, 3.05) is 26.4 Å². The van der Waals surface area contributed by atoms with Gasteiger partial charge >= 0.3 is 16.4 Å². The van der Waals surface area contributed by atoms with Crippen molar-refractivity contribution >= 4 is 16.4 Å². The average molecular weight is 753 g/mol. The third-order valence-electron chi connectivity index (χ3n) is 9.14. The Balaban J connectivity index is 2.50. The second kappa shape index (κ2) is 31.2. The predicted octanol–water partition coefficient (Wildman–Crippen LogP) is 7.13. The van der Waals surface area contributed by atoms with Crippen LogP contribution in [0.3, 0.4) is 0 Å². The maximum atomic E-state index is 12.8. The van der Waals surface area contributed by atoms with Crippen molar-refractivity contribution in [2.24, 2.45) is 0 Å². The van der Waals surface area contributed by atoms with E-state index in [2.05, 4.69) is 30.2 Å². The number of aliphatic hydroxyl groups is 3. The molecule has 12 nitrogen and oxygen atoms in total. The van der Waals surface area contributed by atoms with Crippen LogP contribution < -0.4 is 0 Å². The van der Waals surface area contributed by atoms with Gasteiger partial charge in [-0.25, -0.2) is 4.18 Å². The molecule has 51 heavy (non-hydrogen) atoms. The van der Waals surface area contributed by atoms with Gasteiger partial charge in [-0.3, -0.25) is 9.35 Å². The third kappa shape index (κ3) is 25.5. The number of unbranched alkanes of at least 4 members (excludes halogenated alkanes) is 19. The summed E-state index contributed by atoms with van der Waals surface area (Å²) < 4.78 is 58.7. The predicted molar refractivity (Wildman–Crippen MR) is 198 cm³/mol. The Morgan fingerprint density at radius 2 is 1.24 bits per heavy atom. The minimum atomic E-state index is -5.05. The summed E-state index contributed by atoms with van der Waals surface area (Å²) in [5.74, 6) is -0.408. The average Bonchev–Trinajstić information content (AvgIpc) is 3.09. The number of aliphatic hydroxyl groups excluding tert-OH is 3. The standard InChI is InChI=1S/C38H72O12S/c1-3-5-7-9-11-13-15-16-17-18-19-21-23-25-27-34(40)48-32(30-46-28-26-24-22-20-14-12-10-8-6-4-2)31-47-38-36(42)37(50-51(43,44)45)35(41)33(29-39)49-38/h15-16,32-33,35-39,41-42H,3-14,17-31H2,1-2H3,(H,43,44,45)/b16-15-. The van der Waals surface area contributed by atoms with Crippen LogP contribution in [0.1, 0.15) is 162 Å². The fourth-order valence-corrected chi connectivity index (χ4v) is 6.59. The number of esters is 1.